The molecule has 1 fully saturated rings. The van der Waals surface area contributed by atoms with Crippen molar-refractivity contribution in [2.75, 3.05) is 7.11 Å². The van der Waals surface area contributed by atoms with Crippen LogP contribution in [0.15, 0.2) is 60.7 Å². The molecule has 0 heterocycles. The van der Waals surface area contributed by atoms with Crippen LogP contribution in [0.1, 0.15) is 23.5 Å². The first-order valence-electron chi connectivity index (χ1n) is 6.74. The lowest BCUT2D eigenvalue weighted by Gasteiger charge is -1.99. The smallest absolute Gasteiger partial charge is 0.118 e. The fraction of sp³-hybridized carbons (Fsp3) is 0.222. The third-order valence-electron chi connectivity index (χ3n) is 3.72. The molecule has 1 nitrogen and oxygen atoms in total. The van der Waals surface area contributed by atoms with Crippen LogP contribution in [0, 0.1) is 5.92 Å². The lowest BCUT2D eigenvalue weighted by Crippen LogP contribution is -1.82. The van der Waals surface area contributed by atoms with Gasteiger partial charge in [0.05, 0.1) is 7.11 Å². The molecule has 2 atom stereocenters. The zero-order valence-corrected chi connectivity index (χ0v) is 11.1. The average molecular weight is 250 g/mol. The maximum Gasteiger partial charge on any atom is 0.118 e. The summed E-state index contributed by atoms with van der Waals surface area (Å²) in [5, 5.41) is 0. The first-order chi connectivity index (χ1) is 9.36. The molecule has 0 aliphatic heterocycles. The normalized spacial score (nSPS) is 21.5. The molecule has 0 spiro atoms. The van der Waals surface area contributed by atoms with Crippen LogP contribution in [-0.4, -0.2) is 7.11 Å². The second-order valence-corrected chi connectivity index (χ2v) is 5.05. The predicted molar refractivity (Wildman–Crippen MR) is 79.3 cm³/mol. The highest BCUT2D eigenvalue weighted by Crippen LogP contribution is 2.48. The van der Waals surface area contributed by atoms with Crippen molar-refractivity contribution in [1.29, 1.82) is 0 Å². The van der Waals surface area contributed by atoms with Crippen LogP contribution < -0.4 is 4.74 Å². The Morgan fingerprint density at radius 1 is 1.00 bits per heavy atom. The van der Waals surface area contributed by atoms with Crippen LogP contribution >= 0.6 is 0 Å². The summed E-state index contributed by atoms with van der Waals surface area (Å²) in [5.41, 5.74) is 2.70. The van der Waals surface area contributed by atoms with Crippen molar-refractivity contribution in [3.63, 3.8) is 0 Å². The topological polar surface area (TPSA) is 9.23 Å². The van der Waals surface area contributed by atoms with Crippen molar-refractivity contribution in [3.8, 4) is 5.75 Å². The first kappa shape index (κ1) is 12.0. The number of hydrogen-bond acceptors (Lipinski definition) is 1. The zero-order valence-electron chi connectivity index (χ0n) is 11.1. The summed E-state index contributed by atoms with van der Waals surface area (Å²) in [6.45, 7) is 0. The molecule has 19 heavy (non-hydrogen) atoms. The Bertz CT molecular complexity index is 554. The van der Waals surface area contributed by atoms with Gasteiger partial charge in [-0.15, -0.1) is 0 Å². The highest BCUT2D eigenvalue weighted by atomic mass is 16.5. The van der Waals surface area contributed by atoms with Crippen LogP contribution in [0.25, 0.3) is 6.08 Å². The van der Waals surface area contributed by atoms with Crippen molar-refractivity contribution in [2.24, 2.45) is 5.92 Å². The quantitative estimate of drug-likeness (QED) is 0.775. The number of methoxy groups -OCH3 is 1. The maximum absolute atomic E-state index is 5.16. The first-order valence-corrected chi connectivity index (χ1v) is 6.74. The molecule has 1 saturated carbocycles. The Labute approximate surface area is 114 Å². The summed E-state index contributed by atoms with van der Waals surface area (Å²) >= 11 is 0. The van der Waals surface area contributed by atoms with E-state index in [0.29, 0.717) is 5.92 Å². The minimum atomic E-state index is 0.699. The van der Waals surface area contributed by atoms with E-state index in [-0.39, 0.29) is 0 Å². The molecule has 3 rings (SSSR count). The van der Waals surface area contributed by atoms with Gasteiger partial charge in [0.1, 0.15) is 5.75 Å². The van der Waals surface area contributed by atoms with Crippen LogP contribution in [0.2, 0.25) is 0 Å². The van der Waals surface area contributed by atoms with Gasteiger partial charge in [-0.25, -0.2) is 0 Å². The number of benzene rings is 2. The summed E-state index contributed by atoms with van der Waals surface area (Å²) in [7, 11) is 1.69. The number of hydrogen-bond donors (Lipinski definition) is 0. The van der Waals surface area contributed by atoms with Crippen molar-refractivity contribution >= 4 is 6.08 Å². The van der Waals surface area contributed by atoms with Crippen molar-refractivity contribution < 1.29 is 4.74 Å². The van der Waals surface area contributed by atoms with E-state index in [1.54, 1.807) is 7.11 Å². The van der Waals surface area contributed by atoms with Gasteiger partial charge in [0.25, 0.3) is 0 Å². The Hall–Kier alpha value is -2.02. The van der Waals surface area contributed by atoms with Gasteiger partial charge in [-0.05, 0) is 41.5 Å². The molecule has 1 heteroatoms. The van der Waals surface area contributed by atoms with Gasteiger partial charge in [0.2, 0.25) is 0 Å². The Balaban J connectivity index is 1.62. The minimum Gasteiger partial charge on any atom is -0.497 e. The zero-order chi connectivity index (χ0) is 13.1. The average Bonchev–Trinajstić information content (AvgIpc) is 3.26. The maximum atomic E-state index is 5.16. The number of ether oxygens (including phenoxy) is 1. The van der Waals surface area contributed by atoms with Crippen molar-refractivity contribution in [2.45, 2.75) is 12.3 Å². The standard InChI is InChI=1S/C18H18O/c1-19-17-11-8-14(9-12-17)7-10-16-13-18(16)15-5-3-2-4-6-15/h2-12,16,18H,13H2,1H3/b10-7+. The van der Waals surface area contributed by atoms with Gasteiger partial charge < -0.3 is 4.74 Å². The molecular weight excluding hydrogens is 232 g/mol. The molecule has 0 bridgehead atoms. The monoisotopic (exact) mass is 250 g/mol. The third-order valence-corrected chi connectivity index (χ3v) is 3.72. The van der Waals surface area contributed by atoms with Gasteiger partial charge >= 0.3 is 0 Å². The molecule has 2 unspecified atom stereocenters. The largest absolute Gasteiger partial charge is 0.497 e. The highest BCUT2D eigenvalue weighted by molar-refractivity contribution is 5.52. The summed E-state index contributed by atoms with van der Waals surface area (Å²) < 4.78 is 5.16. The molecule has 0 aromatic heterocycles. The van der Waals surface area contributed by atoms with Gasteiger partial charge in [-0.2, -0.15) is 0 Å². The minimum absolute atomic E-state index is 0.699. The molecule has 0 radical (unpaired) electrons. The third kappa shape index (κ3) is 2.87. The fourth-order valence-corrected chi connectivity index (χ4v) is 2.46. The van der Waals surface area contributed by atoms with E-state index in [4.69, 9.17) is 4.74 Å². The summed E-state index contributed by atoms with van der Waals surface area (Å²) in [5.74, 6) is 2.32. The number of rotatable bonds is 4. The predicted octanol–water partition coefficient (Wildman–Crippen LogP) is 4.51. The van der Waals surface area contributed by atoms with Crippen LogP contribution in [0.3, 0.4) is 0 Å². The van der Waals surface area contributed by atoms with E-state index in [1.807, 2.05) is 12.1 Å². The second-order valence-electron chi connectivity index (χ2n) is 5.05. The van der Waals surface area contributed by atoms with E-state index in [1.165, 1.54) is 17.5 Å². The lowest BCUT2D eigenvalue weighted by molar-refractivity contribution is 0.415. The molecule has 1 aliphatic carbocycles. The molecule has 0 N–H and O–H groups in total. The van der Waals surface area contributed by atoms with Gasteiger partial charge in [0.15, 0.2) is 0 Å². The number of allylic oxidation sites excluding steroid dienone is 1. The van der Waals surface area contributed by atoms with E-state index in [9.17, 15) is 0 Å². The van der Waals surface area contributed by atoms with E-state index >= 15 is 0 Å². The van der Waals surface area contributed by atoms with Crippen LogP contribution in [0.5, 0.6) is 5.75 Å². The second kappa shape index (κ2) is 5.31. The summed E-state index contributed by atoms with van der Waals surface area (Å²) in [6.07, 6.45) is 5.82. The SMILES string of the molecule is COc1ccc(/C=C/C2CC2c2ccccc2)cc1. The van der Waals surface area contributed by atoms with Gasteiger partial charge in [-0.3, -0.25) is 0 Å². The molecule has 2 aromatic rings. The van der Waals surface area contributed by atoms with E-state index < -0.39 is 0 Å². The van der Waals surface area contributed by atoms with Gasteiger partial charge in [0, 0.05) is 0 Å². The molecule has 0 amide bonds. The Morgan fingerprint density at radius 3 is 2.42 bits per heavy atom. The van der Waals surface area contributed by atoms with Gasteiger partial charge in [-0.1, -0.05) is 54.6 Å². The fourth-order valence-electron chi connectivity index (χ4n) is 2.46. The highest BCUT2D eigenvalue weighted by Gasteiger charge is 2.35. The van der Waals surface area contributed by atoms with E-state index in [0.717, 1.165) is 11.7 Å². The van der Waals surface area contributed by atoms with Crippen molar-refractivity contribution in [3.05, 3.63) is 71.8 Å². The lowest BCUT2D eigenvalue weighted by atomic mass is 10.1. The van der Waals surface area contributed by atoms with Crippen LogP contribution in [0.4, 0.5) is 0 Å². The Kier molecular flexibility index (Phi) is 3.37. The van der Waals surface area contributed by atoms with Crippen LogP contribution in [-0.2, 0) is 0 Å². The molecular formula is C18H18O. The van der Waals surface area contributed by atoms with Crippen molar-refractivity contribution in [1.82, 2.24) is 0 Å². The summed E-state index contributed by atoms with van der Waals surface area (Å²) in [4.78, 5) is 0. The molecule has 1 aliphatic rings. The summed E-state index contributed by atoms with van der Waals surface area (Å²) in [6, 6.07) is 19.0. The molecule has 96 valence electrons. The molecule has 2 aromatic carbocycles. The molecule has 0 saturated heterocycles. The van der Waals surface area contributed by atoms with E-state index in [2.05, 4.69) is 54.6 Å². The Morgan fingerprint density at radius 2 is 1.74 bits per heavy atom.